The largest absolute Gasteiger partial charge is 0.494 e. The van der Waals surface area contributed by atoms with E-state index in [0.29, 0.717) is 42.3 Å². The number of anilines is 1. The summed E-state index contributed by atoms with van der Waals surface area (Å²) in [5.41, 5.74) is 1.06. The molecule has 6 nitrogen and oxygen atoms in total. The van der Waals surface area contributed by atoms with Crippen molar-refractivity contribution in [2.24, 2.45) is 0 Å². The number of ether oxygens (including phenoxy) is 1. The Labute approximate surface area is 188 Å². The number of sulfonamides is 1. The maximum atomic E-state index is 13.6. The maximum absolute atomic E-state index is 13.6. The number of nitrogens with zero attached hydrogens (tertiary/aromatic N) is 1. The number of carbonyl (C=O) groups excluding carboxylic acids is 1. The number of benzene rings is 2. The van der Waals surface area contributed by atoms with Gasteiger partial charge >= 0.3 is 0 Å². The van der Waals surface area contributed by atoms with Crippen LogP contribution < -0.4 is 14.4 Å². The average molecular weight is 469 g/mol. The minimum atomic E-state index is -3.62. The summed E-state index contributed by atoms with van der Waals surface area (Å²) in [6.45, 7) is 2.71. The van der Waals surface area contributed by atoms with E-state index in [1.807, 2.05) is 6.92 Å². The summed E-state index contributed by atoms with van der Waals surface area (Å²) in [4.78, 5) is 12.3. The van der Waals surface area contributed by atoms with Gasteiger partial charge < -0.3 is 10.1 Å². The Hall–Kier alpha value is -2.26. The van der Waals surface area contributed by atoms with Crippen LogP contribution in [0.1, 0.15) is 25.3 Å². The Morgan fingerprint density at radius 1 is 1.16 bits per heavy atom. The second-order valence-corrected chi connectivity index (χ2v) is 9.97. The number of hydrogen-bond acceptors (Lipinski definition) is 5. The van der Waals surface area contributed by atoms with Crippen LogP contribution in [0.15, 0.2) is 48.5 Å². The highest BCUT2D eigenvalue weighted by atomic mass is 32.2. The van der Waals surface area contributed by atoms with Crippen molar-refractivity contribution in [3.63, 3.8) is 0 Å². The minimum Gasteiger partial charge on any atom is -0.494 e. The first-order chi connectivity index (χ1) is 14.8. The molecular formula is C22H29FN2O4S2. The lowest BCUT2D eigenvalue weighted by molar-refractivity contribution is -0.119. The van der Waals surface area contributed by atoms with Gasteiger partial charge in [0.2, 0.25) is 15.9 Å². The predicted molar refractivity (Wildman–Crippen MR) is 125 cm³/mol. The summed E-state index contributed by atoms with van der Waals surface area (Å²) in [6, 6.07) is 13.3. The molecular weight excluding hydrogens is 439 g/mol. The summed E-state index contributed by atoms with van der Waals surface area (Å²) in [5.74, 6) is 1.38. The highest BCUT2D eigenvalue weighted by Gasteiger charge is 2.20. The van der Waals surface area contributed by atoms with Gasteiger partial charge in [-0.3, -0.25) is 9.10 Å². The quantitative estimate of drug-likeness (QED) is 0.453. The lowest BCUT2D eigenvalue weighted by Crippen LogP contribution is -2.40. The smallest absolute Gasteiger partial charge is 0.240 e. The second-order valence-electron chi connectivity index (χ2n) is 6.96. The lowest BCUT2D eigenvalue weighted by atomic mass is 10.2. The molecule has 170 valence electrons. The predicted octanol–water partition coefficient (Wildman–Crippen LogP) is 3.82. The molecule has 0 aromatic heterocycles. The SMILES string of the molecule is CCCOc1ccc(N(CC(=O)NCCCSCc2ccccc2F)S(C)(=O)=O)cc1. The summed E-state index contributed by atoms with van der Waals surface area (Å²) < 4.78 is 44.5. The van der Waals surface area contributed by atoms with Crippen LogP contribution in [-0.2, 0) is 20.6 Å². The number of carbonyl (C=O) groups is 1. The Balaban J connectivity index is 1.78. The number of amides is 1. The van der Waals surface area contributed by atoms with Crippen molar-refractivity contribution in [3.05, 3.63) is 59.9 Å². The third-order valence-electron chi connectivity index (χ3n) is 4.29. The van der Waals surface area contributed by atoms with Crippen molar-refractivity contribution in [2.75, 3.05) is 36.0 Å². The van der Waals surface area contributed by atoms with Crippen molar-refractivity contribution in [3.8, 4) is 5.75 Å². The summed E-state index contributed by atoms with van der Waals surface area (Å²) in [6.07, 6.45) is 2.65. The molecule has 0 aliphatic heterocycles. The lowest BCUT2D eigenvalue weighted by Gasteiger charge is -2.22. The first kappa shape index (κ1) is 25.0. The zero-order valence-corrected chi connectivity index (χ0v) is 19.5. The third kappa shape index (κ3) is 8.78. The van der Waals surface area contributed by atoms with E-state index in [9.17, 15) is 17.6 Å². The monoisotopic (exact) mass is 468 g/mol. The van der Waals surface area contributed by atoms with Gasteiger partial charge in [0, 0.05) is 12.3 Å². The standard InChI is InChI=1S/C22H29FN2O4S2/c1-3-14-29-20-11-9-19(10-12-20)25(31(2,27)28)16-22(26)24-13-6-15-30-17-18-7-4-5-8-21(18)23/h4-5,7-12H,3,6,13-17H2,1-2H3,(H,24,26). The zero-order valence-electron chi connectivity index (χ0n) is 17.8. The molecule has 0 spiro atoms. The van der Waals surface area contributed by atoms with E-state index in [2.05, 4.69) is 5.32 Å². The second kappa shape index (κ2) is 12.6. The van der Waals surface area contributed by atoms with Crippen LogP contribution in [0.4, 0.5) is 10.1 Å². The molecule has 0 fully saturated rings. The molecule has 1 N–H and O–H groups in total. The normalized spacial score (nSPS) is 11.2. The van der Waals surface area contributed by atoms with Gasteiger partial charge in [-0.2, -0.15) is 11.8 Å². The van der Waals surface area contributed by atoms with Crippen molar-refractivity contribution in [1.29, 1.82) is 0 Å². The minimum absolute atomic E-state index is 0.214. The van der Waals surface area contributed by atoms with Gasteiger partial charge in [-0.05, 0) is 54.5 Å². The van der Waals surface area contributed by atoms with Crippen molar-refractivity contribution >= 4 is 33.4 Å². The molecule has 1 amide bonds. The molecule has 2 rings (SSSR count). The van der Waals surface area contributed by atoms with Gasteiger partial charge in [0.05, 0.1) is 18.6 Å². The van der Waals surface area contributed by atoms with Gasteiger partial charge in [-0.15, -0.1) is 0 Å². The zero-order chi connectivity index (χ0) is 22.7. The Kier molecular flexibility index (Phi) is 10.1. The molecule has 0 bridgehead atoms. The Morgan fingerprint density at radius 3 is 2.52 bits per heavy atom. The molecule has 0 unspecified atom stereocenters. The summed E-state index contributed by atoms with van der Waals surface area (Å²) in [7, 11) is -3.62. The molecule has 2 aromatic rings. The van der Waals surface area contributed by atoms with E-state index in [-0.39, 0.29) is 18.3 Å². The van der Waals surface area contributed by atoms with Crippen LogP contribution in [-0.4, -0.2) is 46.0 Å². The number of nitrogens with one attached hydrogen (secondary N) is 1. The van der Waals surface area contributed by atoms with E-state index in [1.165, 1.54) is 6.07 Å². The average Bonchev–Trinajstić information content (AvgIpc) is 2.74. The molecule has 0 atom stereocenters. The number of hydrogen-bond donors (Lipinski definition) is 1. The Morgan fingerprint density at radius 2 is 1.87 bits per heavy atom. The fourth-order valence-electron chi connectivity index (χ4n) is 2.71. The maximum Gasteiger partial charge on any atom is 0.240 e. The van der Waals surface area contributed by atoms with E-state index in [1.54, 1.807) is 54.2 Å². The van der Waals surface area contributed by atoms with Gasteiger partial charge in [-0.25, -0.2) is 12.8 Å². The fourth-order valence-corrected chi connectivity index (χ4v) is 4.52. The molecule has 0 saturated heterocycles. The molecule has 0 aliphatic carbocycles. The van der Waals surface area contributed by atoms with Crippen LogP contribution in [0.3, 0.4) is 0 Å². The van der Waals surface area contributed by atoms with Gasteiger partial charge in [0.1, 0.15) is 18.1 Å². The first-order valence-corrected chi connectivity index (χ1v) is 13.1. The third-order valence-corrected chi connectivity index (χ3v) is 6.52. The molecule has 31 heavy (non-hydrogen) atoms. The topological polar surface area (TPSA) is 75.7 Å². The van der Waals surface area contributed by atoms with Gasteiger partial charge in [0.25, 0.3) is 0 Å². The van der Waals surface area contributed by atoms with Crippen molar-refractivity contribution in [1.82, 2.24) is 5.32 Å². The molecule has 2 aromatic carbocycles. The van der Waals surface area contributed by atoms with Crippen LogP contribution in [0.25, 0.3) is 0 Å². The molecule has 9 heteroatoms. The van der Waals surface area contributed by atoms with E-state index in [4.69, 9.17) is 4.74 Å². The highest BCUT2D eigenvalue weighted by molar-refractivity contribution is 7.98. The molecule has 0 radical (unpaired) electrons. The summed E-state index contributed by atoms with van der Waals surface area (Å²) >= 11 is 1.58. The highest BCUT2D eigenvalue weighted by Crippen LogP contribution is 2.21. The Bertz CT molecular complexity index is 937. The van der Waals surface area contributed by atoms with Crippen molar-refractivity contribution in [2.45, 2.75) is 25.5 Å². The van der Waals surface area contributed by atoms with Crippen LogP contribution in [0.2, 0.25) is 0 Å². The molecule has 0 heterocycles. The van der Waals surface area contributed by atoms with E-state index >= 15 is 0 Å². The van der Waals surface area contributed by atoms with Crippen LogP contribution in [0.5, 0.6) is 5.75 Å². The number of halogens is 1. The molecule has 0 saturated carbocycles. The van der Waals surface area contributed by atoms with Crippen LogP contribution in [0, 0.1) is 5.82 Å². The first-order valence-electron chi connectivity index (χ1n) is 10.1. The van der Waals surface area contributed by atoms with Gasteiger partial charge in [-0.1, -0.05) is 25.1 Å². The van der Waals surface area contributed by atoms with E-state index < -0.39 is 10.0 Å². The number of rotatable bonds is 13. The number of thioether (sulfide) groups is 1. The molecule has 0 aliphatic rings. The van der Waals surface area contributed by atoms with Gasteiger partial charge in [0.15, 0.2) is 0 Å². The van der Waals surface area contributed by atoms with Crippen LogP contribution >= 0.6 is 11.8 Å². The van der Waals surface area contributed by atoms with Crippen molar-refractivity contribution < 1.29 is 22.3 Å². The summed E-state index contributed by atoms with van der Waals surface area (Å²) in [5, 5.41) is 2.75. The fraction of sp³-hybridized carbons (Fsp3) is 0.409. The van der Waals surface area contributed by atoms with E-state index in [0.717, 1.165) is 22.7 Å².